The topological polar surface area (TPSA) is 131 Å². The Labute approximate surface area is 103 Å². The van der Waals surface area contributed by atoms with Gasteiger partial charge in [0.1, 0.15) is 11.9 Å². The summed E-state index contributed by atoms with van der Waals surface area (Å²) in [6.07, 6.45) is -0.516. The van der Waals surface area contributed by atoms with E-state index in [1.54, 1.807) is 6.92 Å². The molecule has 0 amide bonds. The van der Waals surface area contributed by atoms with Crippen molar-refractivity contribution in [3.8, 4) is 0 Å². The number of nitrogens with zero attached hydrogens (tertiary/aromatic N) is 2. The summed E-state index contributed by atoms with van der Waals surface area (Å²) in [7, 11) is 0. The van der Waals surface area contributed by atoms with Gasteiger partial charge in [0, 0.05) is 11.8 Å². The molecule has 0 saturated carbocycles. The molecule has 0 unspecified atom stereocenters. The van der Waals surface area contributed by atoms with Crippen LogP contribution < -0.4 is 11.4 Å². The van der Waals surface area contributed by atoms with E-state index in [9.17, 15) is 9.90 Å². The smallest absolute Gasteiger partial charge is 0.351 e. The van der Waals surface area contributed by atoms with Crippen LogP contribution in [0.2, 0.25) is 0 Å². The van der Waals surface area contributed by atoms with Gasteiger partial charge in [-0.15, -0.1) is 0 Å². The standard InChI is InChI=1S/C10H17N3O5/c1-6-2-13(10(17)12-9(6)11)8(5-16)18-7(3-14)4-15/h2,7-8,14-16H,3-5H2,1H3,(H2,11,12,17)/t8-/m1/s1. The first-order valence-electron chi connectivity index (χ1n) is 5.36. The lowest BCUT2D eigenvalue weighted by atomic mass is 10.3. The lowest BCUT2D eigenvalue weighted by molar-refractivity contribution is -0.113. The van der Waals surface area contributed by atoms with Gasteiger partial charge in [-0.05, 0) is 6.92 Å². The molecule has 1 atom stereocenters. The fourth-order valence-corrected chi connectivity index (χ4v) is 1.35. The van der Waals surface area contributed by atoms with E-state index in [2.05, 4.69) is 4.98 Å². The molecule has 1 heterocycles. The fraction of sp³-hybridized carbons (Fsp3) is 0.600. The fourth-order valence-electron chi connectivity index (χ4n) is 1.35. The zero-order valence-electron chi connectivity index (χ0n) is 9.98. The highest BCUT2D eigenvalue weighted by molar-refractivity contribution is 5.35. The van der Waals surface area contributed by atoms with Gasteiger partial charge in [0.15, 0.2) is 6.23 Å². The van der Waals surface area contributed by atoms with Crippen molar-refractivity contribution in [3.05, 3.63) is 22.2 Å². The maximum Gasteiger partial charge on any atom is 0.351 e. The Morgan fingerprint density at radius 1 is 1.39 bits per heavy atom. The molecule has 5 N–H and O–H groups in total. The van der Waals surface area contributed by atoms with Gasteiger partial charge in [0.05, 0.1) is 19.8 Å². The van der Waals surface area contributed by atoms with Gasteiger partial charge in [0.2, 0.25) is 0 Å². The Bertz CT molecular complexity index is 444. The van der Waals surface area contributed by atoms with Crippen LogP contribution in [0, 0.1) is 6.92 Å². The zero-order valence-corrected chi connectivity index (χ0v) is 9.98. The van der Waals surface area contributed by atoms with Crippen molar-refractivity contribution in [2.45, 2.75) is 19.3 Å². The Balaban J connectivity index is 3.02. The van der Waals surface area contributed by atoms with Gasteiger partial charge in [-0.1, -0.05) is 0 Å². The first-order chi connectivity index (χ1) is 8.53. The summed E-state index contributed by atoms with van der Waals surface area (Å²) in [5.74, 6) is 0.105. The quantitative estimate of drug-likeness (QED) is 0.464. The number of hydrogen-bond acceptors (Lipinski definition) is 7. The van der Waals surface area contributed by atoms with E-state index in [-0.39, 0.29) is 5.82 Å². The summed E-state index contributed by atoms with van der Waals surface area (Å²) >= 11 is 0. The molecule has 0 aliphatic rings. The van der Waals surface area contributed by atoms with E-state index >= 15 is 0 Å². The summed E-state index contributed by atoms with van der Waals surface area (Å²) in [5.41, 5.74) is 5.36. The monoisotopic (exact) mass is 259 g/mol. The third-order valence-corrected chi connectivity index (χ3v) is 2.40. The van der Waals surface area contributed by atoms with Crippen LogP contribution in [0.5, 0.6) is 0 Å². The molecule has 8 nitrogen and oxygen atoms in total. The van der Waals surface area contributed by atoms with Crippen LogP contribution >= 0.6 is 0 Å². The Morgan fingerprint density at radius 3 is 2.50 bits per heavy atom. The molecule has 0 radical (unpaired) electrons. The number of anilines is 1. The number of aryl methyl sites for hydroxylation is 1. The number of ether oxygens (including phenoxy) is 1. The Kier molecular flexibility index (Phi) is 5.23. The van der Waals surface area contributed by atoms with Gasteiger partial charge in [0.25, 0.3) is 0 Å². The number of aliphatic hydroxyl groups is 3. The summed E-state index contributed by atoms with van der Waals surface area (Å²) in [4.78, 5) is 15.2. The second-order valence-corrected chi connectivity index (χ2v) is 3.76. The molecule has 0 aliphatic carbocycles. The molecule has 0 aromatic carbocycles. The van der Waals surface area contributed by atoms with Gasteiger partial charge in [-0.25, -0.2) is 4.79 Å². The maximum absolute atomic E-state index is 11.6. The van der Waals surface area contributed by atoms with E-state index < -0.39 is 37.8 Å². The predicted octanol–water partition coefficient (Wildman–Crippen LogP) is -2.01. The molecule has 0 fully saturated rings. The van der Waals surface area contributed by atoms with E-state index in [4.69, 9.17) is 20.7 Å². The number of nitrogen functional groups attached to an aromatic ring is 1. The molecular formula is C10H17N3O5. The molecule has 0 saturated heterocycles. The molecule has 102 valence electrons. The van der Waals surface area contributed by atoms with Crippen LogP contribution in [0.4, 0.5) is 5.82 Å². The average molecular weight is 259 g/mol. The summed E-state index contributed by atoms with van der Waals surface area (Å²) in [6, 6.07) is 0. The lowest BCUT2D eigenvalue weighted by Gasteiger charge is -2.22. The Hall–Kier alpha value is -1.48. The normalized spacial score (nSPS) is 12.9. The largest absolute Gasteiger partial charge is 0.394 e. The van der Waals surface area contributed by atoms with Gasteiger partial charge in [-0.3, -0.25) is 4.57 Å². The van der Waals surface area contributed by atoms with Crippen LogP contribution in [-0.2, 0) is 4.74 Å². The third-order valence-electron chi connectivity index (χ3n) is 2.40. The minimum atomic E-state index is -1.03. The van der Waals surface area contributed by atoms with Crippen LogP contribution in [0.25, 0.3) is 0 Å². The van der Waals surface area contributed by atoms with Gasteiger partial charge >= 0.3 is 5.69 Å². The van der Waals surface area contributed by atoms with E-state index in [1.165, 1.54) is 6.20 Å². The predicted molar refractivity (Wildman–Crippen MR) is 62.8 cm³/mol. The summed E-state index contributed by atoms with van der Waals surface area (Å²) in [5, 5.41) is 27.0. The molecule has 0 spiro atoms. The van der Waals surface area contributed by atoms with Crippen molar-refractivity contribution >= 4 is 5.82 Å². The van der Waals surface area contributed by atoms with Crippen LogP contribution in [0.1, 0.15) is 11.8 Å². The van der Waals surface area contributed by atoms with Crippen molar-refractivity contribution in [1.29, 1.82) is 0 Å². The van der Waals surface area contributed by atoms with Crippen molar-refractivity contribution in [2.24, 2.45) is 0 Å². The summed E-state index contributed by atoms with van der Waals surface area (Å²) < 4.78 is 6.25. The highest BCUT2D eigenvalue weighted by Gasteiger charge is 2.18. The van der Waals surface area contributed by atoms with Crippen molar-refractivity contribution in [1.82, 2.24) is 9.55 Å². The number of nitrogens with two attached hydrogens (primary N) is 1. The molecule has 0 bridgehead atoms. The highest BCUT2D eigenvalue weighted by atomic mass is 16.5. The molecule has 1 rings (SSSR count). The summed E-state index contributed by atoms with van der Waals surface area (Å²) in [6.45, 7) is 0.302. The molecule has 0 aliphatic heterocycles. The van der Waals surface area contributed by atoms with Crippen LogP contribution in [0.3, 0.4) is 0 Å². The van der Waals surface area contributed by atoms with Crippen molar-refractivity contribution < 1.29 is 20.1 Å². The maximum atomic E-state index is 11.6. The molecule has 1 aromatic rings. The third kappa shape index (κ3) is 3.26. The number of rotatable bonds is 6. The zero-order chi connectivity index (χ0) is 13.7. The van der Waals surface area contributed by atoms with E-state index in [1.807, 2.05) is 0 Å². The average Bonchev–Trinajstić information content (AvgIpc) is 2.36. The van der Waals surface area contributed by atoms with E-state index in [0.717, 1.165) is 4.57 Å². The minimum absolute atomic E-state index is 0.105. The first kappa shape index (κ1) is 14.6. The lowest BCUT2D eigenvalue weighted by Crippen LogP contribution is -2.35. The van der Waals surface area contributed by atoms with Crippen molar-refractivity contribution in [2.75, 3.05) is 25.6 Å². The SMILES string of the molecule is Cc1cn([C@@H](CO)OC(CO)CO)c(=O)nc1N. The molecule has 1 aromatic heterocycles. The number of hydrogen-bond donors (Lipinski definition) is 4. The van der Waals surface area contributed by atoms with Crippen LogP contribution in [-0.4, -0.2) is 50.8 Å². The van der Waals surface area contributed by atoms with Gasteiger partial charge < -0.3 is 25.8 Å². The Morgan fingerprint density at radius 2 is 2.00 bits per heavy atom. The minimum Gasteiger partial charge on any atom is -0.394 e. The van der Waals surface area contributed by atoms with Gasteiger partial charge in [-0.2, -0.15) is 4.98 Å². The number of aromatic nitrogens is 2. The number of aliphatic hydroxyl groups excluding tert-OH is 3. The molecule has 18 heavy (non-hydrogen) atoms. The van der Waals surface area contributed by atoms with E-state index in [0.29, 0.717) is 5.56 Å². The second-order valence-electron chi connectivity index (χ2n) is 3.76. The second kappa shape index (κ2) is 6.45. The first-order valence-corrected chi connectivity index (χ1v) is 5.36. The highest BCUT2D eigenvalue weighted by Crippen LogP contribution is 2.11. The van der Waals surface area contributed by atoms with Crippen LogP contribution in [0.15, 0.2) is 11.0 Å². The van der Waals surface area contributed by atoms with Crippen molar-refractivity contribution in [3.63, 3.8) is 0 Å². The molecule has 8 heteroatoms. The molecular weight excluding hydrogens is 242 g/mol.